The van der Waals surface area contributed by atoms with Gasteiger partial charge in [0.15, 0.2) is 0 Å². The average Bonchev–Trinajstić information content (AvgIpc) is 2.89. The molecular formula is C16H13ClN4O. The molecule has 0 radical (unpaired) electrons. The quantitative estimate of drug-likeness (QED) is 0.778. The molecule has 3 aromatic rings. The Balaban J connectivity index is 2.11. The summed E-state index contributed by atoms with van der Waals surface area (Å²) in [6, 6.07) is 10.9. The molecule has 0 bridgehead atoms. The van der Waals surface area contributed by atoms with E-state index in [9.17, 15) is 4.79 Å². The zero-order chi connectivity index (χ0) is 15.7. The Morgan fingerprint density at radius 3 is 2.68 bits per heavy atom. The van der Waals surface area contributed by atoms with Crippen molar-refractivity contribution in [3.8, 4) is 22.4 Å². The van der Waals surface area contributed by atoms with Crippen molar-refractivity contribution >= 4 is 17.5 Å². The predicted octanol–water partition coefficient (Wildman–Crippen LogP) is 3.20. The molecule has 0 aliphatic rings. The van der Waals surface area contributed by atoms with Crippen LogP contribution >= 0.6 is 11.6 Å². The summed E-state index contributed by atoms with van der Waals surface area (Å²) in [4.78, 5) is 15.2. The number of pyridine rings is 1. The maximum atomic E-state index is 11.1. The van der Waals surface area contributed by atoms with Gasteiger partial charge in [0.1, 0.15) is 11.4 Å². The van der Waals surface area contributed by atoms with Crippen LogP contribution in [0.15, 0.2) is 42.6 Å². The first-order valence-corrected chi connectivity index (χ1v) is 7.01. The molecule has 0 saturated carbocycles. The third-order valence-corrected chi connectivity index (χ3v) is 3.58. The topological polar surface area (TPSA) is 84.7 Å². The van der Waals surface area contributed by atoms with Gasteiger partial charge in [-0.1, -0.05) is 29.8 Å². The van der Waals surface area contributed by atoms with E-state index in [0.717, 1.165) is 28.1 Å². The molecular weight excluding hydrogens is 300 g/mol. The normalized spacial score (nSPS) is 10.6. The summed E-state index contributed by atoms with van der Waals surface area (Å²) in [5.41, 5.74) is 9.82. The fourth-order valence-electron chi connectivity index (χ4n) is 2.31. The van der Waals surface area contributed by atoms with Crippen LogP contribution in [0.4, 0.5) is 0 Å². The molecule has 0 unspecified atom stereocenters. The van der Waals surface area contributed by atoms with Gasteiger partial charge >= 0.3 is 0 Å². The number of aryl methyl sites for hydroxylation is 1. The zero-order valence-corrected chi connectivity index (χ0v) is 12.6. The minimum Gasteiger partial charge on any atom is -0.364 e. The Hall–Kier alpha value is -2.66. The van der Waals surface area contributed by atoms with Crippen molar-refractivity contribution in [3.05, 3.63) is 59.0 Å². The largest absolute Gasteiger partial charge is 0.364 e. The Morgan fingerprint density at radius 2 is 2.05 bits per heavy atom. The van der Waals surface area contributed by atoms with Crippen LogP contribution < -0.4 is 5.73 Å². The molecule has 5 nitrogen and oxygen atoms in total. The highest BCUT2D eigenvalue weighted by Gasteiger charge is 2.15. The first-order chi connectivity index (χ1) is 10.6. The highest BCUT2D eigenvalue weighted by molar-refractivity contribution is 6.30. The summed E-state index contributed by atoms with van der Waals surface area (Å²) in [7, 11) is 0. The van der Waals surface area contributed by atoms with Crippen LogP contribution in [0.5, 0.6) is 0 Å². The maximum Gasteiger partial charge on any atom is 0.267 e. The molecule has 0 spiro atoms. The number of aromatic nitrogens is 3. The van der Waals surface area contributed by atoms with E-state index in [1.165, 1.54) is 0 Å². The molecule has 3 rings (SSSR count). The molecule has 2 heterocycles. The van der Waals surface area contributed by atoms with Gasteiger partial charge in [0.05, 0.1) is 0 Å². The molecule has 1 aromatic carbocycles. The standard InChI is InChI=1S/C16H13ClN4O/c1-9-14(11-5-6-13(16(18)22)19-8-11)15(21-20-9)10-3-2-4-12(17)7-10/h2-8H,1H3,(H2,18,22)(H,20,21). The van der Waals surface area contributed by atoms with E-state index in [1.54, 1.807) is 18.3 Å². The van der Waals surface area contributed by atoms with Gasteiger partial charge in [-0.25, -0.2) is 0 Å². The summed E-state index contributed by atoms with van der Waals surface area (Å²) >= 11 is 6.05. The van der Waals surface area contributed by atoms with Crippen molar-refractivity contribution in [2.45, 2.75) is 6.92 Å². The molecule has 22 heavy (non-hydrogen) atoms. The van der Waals surface area contributed by atoms with Crippen LogP contribution in [-0.2, 0) is 0 Å². The van der Waals surface area contributed by atoms with Crippen molar-refractivity contribution in [3.63, 3.8) is 0 Å². The lowest BCUT2D eigenvalue weighted by molar-refractivity contribution is 0.0995. The number of amides is 1. The van der Waals surface area contributed by atoms with E-state index in [0.29, 0.717) is 5.02 Å². The summed E-state index contributed by atoms with van der Waals surface area (Å²) in [6.07, 6.45) is 1.62. The number of carbonyl (C=O) groups excluding carboxylic acids is 1. The van der Waals surface area contributed by atoms with Crippen molar-refractivity contribution < 1.29 is 4.79 Å². The number of aromatic amines is 1. The smallest absolute Gasteiger partial charge is 0.267 e. The van der Waals surface area contributed by atoms with Gasteiger partial charge < -0.3 is 5.73 Å². The van der Waals surface area contributed by atoms with E-state index in [-0.39, 0.29) is 5.69 Å². The number of carbonyl (C=O) groups is 1. The lowest BCUT2D eigenvalue weighted by atomic mass is 10.0. The second-order valence-corrected chi connectivity index (χ2v) is 5.32. The molecule has 0 atom stereocenters. The van der Waals surface area contributed by atoms with Gasteiger partial charge in [0.25, 0.3) is 5.91 Å². The summed E-state index contributed by atoms with van der Waals surface area (Å²) < 4.78 is 0. The second kappa shape index (κ2) is 5.61. The SMILES string of the molecule is Cc1[nH]nc(-c2cccc(Cl)c2)c1-c1ccc(C(N)=O)nc1. The molecule has 2 aromatic heterocycles. The van der Waals surface area contributed by atoms with Gasteiger partial charge in [0, 0.05) is 33.6 Å². The van der Waals surface area contributed by atoms with Crippen LogP contribution in [0.1, 0.15) is 16.2 Å². The Bertz CT molecular complexity index is 840. The van der Waals surface area contributed by atoms with E-state index in [4.69, 9.17) is 17.3 Å². The number of nitrogens with zero attached hydrogens (tertiary/aromatic N) is 2. The monoisotopic (exact) mass is 312 g/mol. The second-order valence-electron chi connectivity index (χ2n) is 4.88. The molecule has 0 aliphatic heterocycles. The van der Waals surface area contributed by atoms with E-state index in [2.05, 4.69) is 15.2 Å². The molecule has 0 aliphatic carbocycles. The van der Waals surface area contributed by atoms with Crippen molar-refractivity contribution in [1.82, 2.24) is 15.2 Å². The first kappa shape index (κ1) is 14.3. The maximum absolute atomic E-state index is 11.1. The fraction of sp³-hybridized carbons (Fsp3) is 0.0625. The van der Waals surface area contributed by atoms with Crippen LogP contribution in [-0.4, -0.2) is 21.1 Å². The van der Waals surface area contributed by atoms with Crippen LogP contribution in [0.25, 0.3) is 22.4 Å². The average molecular weight is 313 g/mol. The number of primary amides is 1. The van der Waals surface area contributed by atoms with Crippen LogP contribution in [0.2, 0.25) is 5.02 Å². The van der Waals surface area contributed by atoms with Gasteiger partial charge in [-0.3, -0.25) is 14.9 Å². The number of rotatable bonds is 3. The molecule has 3 N–H and O–H groups in total. The first-order valence-electron chi connectivity index (χ1n) is 6.63. The van der Waals surface area contributed by atoms with Crippen molar-refractivity contribution in [2.75, 3.05) is 0 Å². The number of nitrogens with two attached hydrogens (primary N) is 1. The van der Waals surface area contributed by atoms with E-state index < -0.39 is 5.91 Å². The molecule has 0 saturated heterocycles. The van der Waals surface area contributed by atoms with Gasteiger partial charge in [-0.2, -0.15) is 5.10 Å². The minimum atomic E-state index is -0.550. The number of halogens is 1. The lowest BCUT2D eigenvalue weighted by Gasteiger charge is -2.05. The van der Waals surface area contributed by atoms with Gasteiger partial charge in [0.2, 0.25) is 0 Å². The third kappa shape index (κ3) is 2.58. The number of hydrogen-bond acceptors (Lipinski definition) is 3. The Labute approximate surface area is 132 Å². The summed E-state index contributed by atoms with van der Waals surface area (Å²) in [5.74, 6) is -0.550. The Morgan fingerprint density at radius 1 is 1.23 bits per heavy atom. The fourth-order valence-corrected chi connectivity index (χ4v) is 2.50. The predicted molar refractivity (Wildman–Crippen MR) is 85.5 cm³/mol. The van der Waals surface area contributed by atoms with E-state index >= 15 is 0 Å². The highest BCUT2D eigenvalue weighted by atomic mass is 35.5. The number of H-pyrrole nitrogens is 1. The van der Waals surface area contributed by atoms with Gasteiger partial charge in [-0.15, -0.1) is 0 Å². The highest BCUT2D eigenvalue weighted by Crippen LogP contribution is 2.33. The number of nitrogens with one attached hydrogen (secondary N) is 1. The number of hydrogen-bond donors (Lipinski definition) is 2. The number of benzene rings is 1. The molecule has 6 heteroatoms. The van der Waals surface area contributed by atoms with Crippen LogP contribution in [0.3, 0.4) is 0 Å². The zero-order valence-electron chi connectivity index (χ0n) is 11.8. The van der Waals surface area contributed by atoms with Gasteiger partial charge in [-0.05, 0) is 25.1 Å². The molecule has 1 amide bonds. The minimum absolute atomic E-state index is 0.231. The molecule has 0 fully saturated rings. The van der Waals surface area contributed by atoms with Crippen molar-refractivity contribution in [1.29, 1.82) is 0 Å². The van der Waals surface area contributed by atoms with Crippen LogP contribution in [0, 0.1) is 6.92 Å². The van der Waals surface area contributed by atoms with Crippen molar-refractivity contribution in [2.24, 2.45) is 5.73 Å². The third-order valence-electron chi connectivity index (χ3n) is 3.35. The molecule has 110 valence electrons. The summed E-state index contributed by atoms with van der Waals surface area (Å²) in [5, 5.41) is 7.98. The lowest BCUT2D eigenvalue weighted by Crippen LogP contribution is -2.12. The summed E-state index contributed by atoms with van der Waals surface area (Å²) in [6.45, 7) is 1.93. The Kier molecular flexibility index (Phi) is 3.65. The van der Waals surface area contributed by atoms with E-state index in [1.807, 2.05) is 31.2 Å².